The van der Waals surface area contributed by atoms with Crippen molar-refractivity contribution >= 4 is 11.6 Å². The Morgan fingerprint density at radius 2 is 2.17 bits per heavy atom. The minimum atomic E-state index is -0.616. The van der Waals surface area contributed by atoms with E-state index in [9.17, 15) is 13.6 Å². The minimum absolute atomic E-state index is 0.144. The van der Waals surface area contributed by atoms with E-state index >= 15 is 0 Å². The number of nitrogens with zero attached hydrogens (tertiary/aromatic N) is 3. The zero-order valence-corrected chi connectivity index (χ0v) is 12.4. The van der Waals surface area contributed by atoms with Crippen LogP contribution in [0.3, 0.4) is 0 Å². The number of hydrogen-bond acceptors (Lipinski definition) is 4. The molecule has 1 N–H and O–H groups in total. The first-order valence-electron chi connectivity index (χ1n) is 7.68. The van der Waals surface area contributed by atoms with E-state index in [0.29, 0.717) is 24.0 Å². The Morgan fingerprint density at radius 3 is 3.00 bits per heavy atom. The van der Waals surface area contributed by atoms with E-state index in [4.69, 9.17) is 0 Å². The molecule has 1 aromatic carbocycles. The highest BCUT2D eigenvalue weighted by molar-refractivity contribution is 5.53. The predicted octanol–water partition coefficient (Wildman–Crippen LogP) is 2.12. The molecule has 3 heterocycles. The third-order valence-corrected chi connectivity index (χ3v) is 4.53. The zero-order chi connectivity index (χ0) is 16.0. The molecule has 0 spiro atoms. The average Bonchev–Trinajstić information content (AvgIpc) is 3.08. The van der Waals surface area contributed by atoms with Crippen LogP contribution in [-0.4, -0.2) is 22.1 Å². The molecule has 0 bridgehead atoms. The number of halogens is 2. The van der Waals surface area contributed by atoms with Gasteiger partial charge in [0.15, 0.2) is 0 Å². The summed E-state index contributed by atoms with van der Waals surface area (Å²) in [5.41, 5.74) is 0.0341. The fraction of sp³-hybridized carbons (Fsp3) is 0.375. The fourth-order valence-electron chi connectivity index (χ4n) is 3.38. The molecule has 1 fully saturated rings. The number of fused-ring (bicyclic) bond motifs is 3. The average molecular weight is 318 g/mol. The van der Waals surface area contributed by atoms with Crippen LogP contribution < -0.4 is 15.9 Å². The minimum Gasteiger partial charge on any atom is -0.366 e. The van der Waals surface area contributed by atoms with E-state index in [2.05, 4.69) is 15.2 Å². The topological polar surface area (TPSA) is 50.2 Å². The lowest BCUT2D eigenvalue weighted by Gasteiger charge is -2.17. The molecule has 0 radical (unpaired) electrons. The smallest absolute Gasteiger partial charge is 0.351 e. The van der Waals surface area contributed by atoms with Gasteiger partial charge in [-0.25, -0.2) is 13.6 Å². The molecule has 4 rings (SSSR count). The van der Waals surface area contributed by atoms with Crippen molar-refractivity contribution in [2.45, 2.75) is 32.0 Å². The van der Waals surface area contributed by atoms with Gasteiger partial charge in [0.2, 0.25) is 0 Å². The zero-order valence-electron chi connectivity index (χ0n) is 12.4. The highest BCUT2D eigenvalue weighted by atomic mass is 19.1. The molecule has 23 heavy (non-hydrogen) atoms. The molecule has 2 aliphatic rings. The number of anilines is 2. The van der Waals surface area contributed by atoms with Crippen LogP contribution in [0.5, 0.6) is 0 Å². The highest BCUT2D eigenvalue weighted by Gasteiger charge is 2.34. The Morgan fingerprint density at radius 1 is 1.30 bits per heavy atom. The lowest BCUT2D eigenvalue weighted by molar-refractivity contribution is 0.574. The summed E-state index contributed by atoms with van der Waals surface area (Å²) in [5, 5.41) is 2.96. The van der Waals surface area contributed by atoms with Gasteiger partial charge < -0.3 is 10.2 Å². The van der Waals surface area contributed by atoms with Gasteiger partial charge in [0.1, 0.15) is 23.3 Å². The van der Waals surface area contributed by atoms with Crippen LogP contribution in [-0.2, 0) is 13.1 Å². The maximum atomic E-state index is 13.7. The second-order valence-corrected chi connectivity index (χ2v) is 5.97. The normalized spacial score (nSPS) is 18.9. The molecule has 0 amide bonds. The third-order valence-electron chi connectivity index (χ3n) is 4.53. The Kier molecular flexibility index (Phi) is 3.28. The van der Waals surface area contributed by atoms with E-state index in [1.54, 1.807) is 4.57 Å². The van der Waals surface area contributed by atoms with Crippen LogP contribution in [0.25, 0.3) is 0 Å². The van der Waals surface area contributed by atoms with Gasteiger partial charge >= 0.3 is 5.69 Å². The Labute approximate surface area is 131 Å². The van der Waals surface area contributed by atoms with Crippen molar-refractivity contribution in [1.29, 1.82) is 0 Å². The number of hydrogen-bond donors (Lipinski definition) is 1. The molecular weight excluding hydrogens is 302 g/mol. The van der Waals surface area contributed by atoms with Gasteiger partial charge in [-0.1, -0.05) is 6.07 Å². The van der Waals surface area contributed by atoms with E-state index in [0.717, 1.165) is 31.3 Å². The Bertz CT molecular complexity index is 820. The SMILES string of the molecule is O=c1nc(NCc2ccc(F)cc2F)cc2n1C[C@H]1CCCN21. The van der Waals surface area contributed by atoms with E-state index in [1.807, 2.05) is 6.07 Å². The standard InChI is InChI=1S/C16H16F2N4O/c17-11-4-3-10(13(18)6-11)8-19-14-7-15-21-5-1-2-12(21)9-22(15)16(23)20-14/h3-4,6-7,12H,1-2,5,8-9H2,(H,19,20,23)/t12-/m1/s1. The molecule has 2 aliphatic heterocycles. The van der Waals surface area contributed by atoms with Gasteiger partial charge in [0.25, 0.3) is 0 Å². The fourth-order valence-corrected chi connectivity index (χ4v) is 3.38. The van der Waals surface area contributed by atoms with Crippen molar-refractivity contribution in [2.75, 3.05) is 16.8 Å². The monoisotopic (exact) mass is 318 g/mol. The van der Waals surface area contributed by atoms with Crippen LogP contribution in [0.1, 0.15) is 18.4 Å². The number of rotatable bonds is 3. The van der Waals surface area contributed by atoms with Crippen molar-refractivity contribution in [3.63, 3.8) is 0 Å². The van der Waals surface area contributed by atoms with Crippen LogP contribution >= 0.6 is 0 Å². The summed E-state index contributed by atoms with van der Waals surface area (Å²) in [6.45, 7) is 1.78. The predicted molar refractivity (Wildman–Crippen MR) is 82.5 cm³/mol. The molecule has 1 aromatic heterocycles. The van der Waals surface area contributed by atoms with Crippen LogP contribution in [0.2, 0.25) is 0 Å². The summed E-state index contributed by atoms with van der Waals surface area (Å²) in [6, 6.07) is 5.65. The molecule has 120 valence electrons. The molecule has 2 aromatic rings. The summed E-state index contributed by atoms with van der Waals surface area (Å²) in [4.78, 5) is 18.4. The molecule has 7 heteroatoms. The third kappa shape index (κ3) is 2.46. The molecule has 0 saturated carbocycles. The summed E-state index contributed by atoms with van der Waals surface area (Å²) in [5.74, 6) is 0.0577. The molecular formula is C16H16F2N4O. The lowest BCUT2D eigenvalue weighted by atomic mass is 10.2. The molecule has 1 saturated heterocycles. The number of aromatic nitrogens is 2. The second-order valence-electron chi connectivity index (χ2n) is 5.97. The van der Waals surface area contributed by atoms with E-state index in [-0.39, 0.29) is 12.2 Å². The van der Waals surface area contributed by atoms with Crippen LogP contribution in [0.4, 0.5) is 20.4 Å². The van der Waals surface area contributed by atoms with Crippen LogP contribution in [0.15, 0.2) is 29.1 Å². The van der Waals surface area contributed by atoms with E-state index < -0.39 is 11.6 Å². The van der Waals surface area contributed by atoms with Crippen LogP contribution in [0, 0.1) is 11.6 Å². The largest absolute Gasteiger partial charge is 0.366 e. The maximum Gasteiger partial charge on any atom is 0.351 e. The quantitative estimate of drug-likeness (QED) is 0.942. The van der Waals surface area contributed by atoms with Crippen molar-refractivity contribution in [1.82, 2.24) is 9.55 Å². The Hall–Kier alpha value is -2.44. The van der Waals surface area contributed by atoms with Crippen molar-refractivity contribution in [3.8, 4) is 0 Å². The molecule has 1 atom stereocenters. The first kappa shape index (κ1) is 14.2. The van der Waals surface area contributed by atoms with Gasteiger partial charge in [-0.3, -0.25) is 4.57 Å². The Balaban J connectivity index is 1.57. The summed E-state index contributed by atoms with van der Waals surface area (Å²) < 4.78 is 28.3. The van der Waals surface area contributed by atoms with Crippen molar-refractivity contribution in [3.05, 3.63) is 51.9 Å². The molecule has 0 aliphatic carbocycles. The second kappa shape index (κ2) is 5.33. The molecule has 0 unspecified atom stereocenters. The van der Waals surface area contributed by atoms with Gasteiger partial charge in [-0.15, -0.1) is 0 Å². The first-order chi connectivity index (χ1) is 11.1. The first-order valence-corrected chi connectivity index (χ1v) is 7.68. The maximum absolute atomic E-state index is 13.7. The molecule has 5 nitrogen and oxygen atoms in total. The van der Waals surface area contributed by atoms with Gasteiger partial charge in [0.05, 0.1) is 0 Å². The van der Waals surface area contributed by atoms with Crippen molar-refractivity contribution < 1.29 is 8.78 Å². The van der Waals surface area contributed by atoms with Gasteiger partial charge in [-0.05, 0) is 18.9 Å². The lowest BCUT2D eigenvalue weighted by Crippen LogP contribution is -2.24. The summed E-state index contributed by atoms with van der Waals surface area (Å²) in [7, 11) is 0. The highest BCUT2D eigenvalue weighted by Crippen LogP contribution is 2.32. The van der Waals surface area contributed by atoms with Crippen molar-refractivity contribution in [2.24, 2.45) is 0 Å². The van der Waals surface area contributed by atoms with E-state index in [1.165, 1.54) is 12.1 Å². The number of nitrogens with one attached hydrogen (secondary N) is 1. The van der Waals surface area contributed by atoms with Gasteiger partial charge in [-0.2, -0.15) is 4.98 Å². The van der Waals surface area contributed by atoms with Gasteiger partial charge in [0, 0.05) is 43.4 Å². The number of benzene rings is 1. The summed E-state index contributed by atoms with van der Waals surface area (Å²) in [6.07, 6.45) is 2.22. The summed E-state index contributed by atoms with van der Waals surface area (Å²) >= 11 is 0.